The van der Waals surface area contributed by atoms with Crippen molar-refractivity contribution in [1.82, 2.24) is 4.98 Å². The molecule has 1 atom stereocenters. The van der Waals surface area contributed by atoms with Gasteiger partial charge >= 0.3 is 11.9 Å². The highest BCUT2D eigenvalue weighted by molar-refractivity contribution is 8.00. The maximum absolute atomic E-state index is 13.1. The Bertz CT molecular complexity index is 1500. The number of carboxylic acids is 2. The van der Waals surface area contributed by atoms with E-state index < -0.39 is 28.7 Å². The lowest BCUT2D eigenvalue weighted by atomic mass is 10.0. The lowest BCUT2D eigenvalue weighted by Gasteiger charge is -2.16. The van der Waals surface area contributed by atoms with Gasteiger partial charge in [-0.15, -0.1) is 23.1 Å². The van der Waals surface area contributed by atoms with Gasteiger partial charge in [0.1, 0.15) is 5.25 Å². The first kappa shape index (κ1) is 26.6. The molecule has 0 saturated heterocycles. The molecule has 11 heteroatoms. The predicted molar refractivity (Wildman–Crippen MR) is 145 cm³/mol. The molecule has 1 unspecified atom stereocenters. The number of hydrogen-bond donors (Lipinski definition) is 4. The lowest BCUT2D eigenvalue weighted by molar-refractivity contribution is -0.115. The number of hydrogen-bond acceptors (Lipinski definition) is 7. The number of carboxylic acid groups (broad SMARTS) is 2. The van der Waals surface area contributed by atoms with Crippen molar-refractivity contribution in [2.45, 2.75) is 17.1 Å². The Labute approximate surface area is 225 Å². The minimum absolute atomic E-state index is 0.167. The second kappa shape index (κ2) is 11.7. The zero-order valence-electron chi connectivity index (χ0n) is 19.9. The van der Waals surface area contributed by atoms with E-state index in [1.165, 1.54) is 35.2 Å². The van der Waals surface area contributed by atoms with Crippen molar-refractivity contribution in [3.05, 3.63) is 106 Å². The standard InChI is InChI=1S/C27H21N3O6S2/c1-15-14-37-27(28-15)30-24(32)22(16-5-3-2-4-6-16)38-19-10-8-18(9-11-19)29-23(31)20-12-7-17(25(33)34)13-21(20)26(35)36/h2-14,22H,1H3,(H,29,31)(H,33,34)(H,35,36)(H,28,30,32). The molecular weight excluding hydrogens is 526 g/mol. The number of carbonyl (C=O) groups is 4. The Morgan fingerprint density at radius 2 is 1.58 bits per heavy atom. The van der Waals surface area contributed by atoms with Crippen LogP contribution in [0.3, 0.4) is 0 Å². The van der Waals surface area contributed by atoms with Gasteiger partial charge in [-0.25, -0.2) is 14.6 Å². The van der Waals surface area contributed by atoms with Crippen LogP contribution in [0, 0.1) is 6.92 Å². The molecule has 0 aliphatic carbocycles. The van der Waals surface area contributed by atoms with Crippen LogP contribution in [0.25, 0.3) is 0 Å². The van der Waals surface area contributed by atoms with Crippen molar-refractivity contribution >= 4 is 57.7 Å². The van der Waals surface area contributed by atoms with Crippen molar-refractivity contribution in [1.29, 1.82) is 0 Å². The van der Waals surface area contributed by atoms with Gasteiger partial charge in [-0.05, 0) is 55.0 Å². The first-order chi connectivity index (χ1) is 18.2. The number of thiazole rings is 1. The molecule has 0 spiro atoms. The molecule has 1 heterocycles. The summed E-state index contributed by atoms with van der Waals surface area (Å²) in [6, 6.07) is 19.4. The number of aryl methyl sites for hydroxylation is 1. The largest absolute Gasteiger partial charge is 0.478 e. The highest BCUT2D eigenvalue weighted by Crippen LogP contribution is 2.37. The van der Waals surface area contributed by atoms with Crippen LogP contribution in [0.15, 0.2) is 83.1 Å². The first-order valence-electron chi connectivity index (χ1n) is 11.2. The number of amides is 2. The third-order valence-electron chi connectivity index (χ3n) is 5.30. The zero-order chi connectivity index (χ0) is 27.2. The van der Waals surface area contributed by atoms with Crippen molar-refractivity contribution in [3.8, 4) is 0 Å². The number of aromatic nitrogens is 1. The Balaban J connectivity index is 1.50. The number of carbonyl (C=O) groups excluding carboxylic acids is 2. The summed E-state index contributed by atoms with van der Waals surface area (Å²) >= 11 is 2.68. The summed E-state index contributed by atoms with van der Waals surface area (Å²) in [5, 5.41) is 25.8. The Kier molecular flexibility index (Phi) is 8.19. The molecule has 0 radical (unpaired) electrons. The van der Waals surface area contributed by atoms with Gasteiger partial charge in [-0.1, -0.05) is 30.3 Å². The van der Waals surface area contributed by atoms with Gasteiger partial charge in [0.25, 0.3) is 5.91 Å². The molecule has 4 aromatic rings. The molecule has 1 aromatic heterocycles. The number of aromatic carboxylic acids is 2. The molecule has 0 bridgehead atoms. The molecule has 0 aliphatic rings. The van der Waals surface area contributed by atoms with Crippen molar-refractivity contribution in [3.63, 3.8) is 0 Å². The van der Waals surface area contributed by atoms with Crippen molar-refractivity contribution < 1.29 is 29.4 Å². The maximum atomic E-state index is 13.1. The van der Waals surface area contributed by atoms with E-state index >= 15 is 0 Å². The number of nitrogens with zero attached hydrogens (tertiary/aromatic N) is 1. The van der Waals surface area contributed by atoms with E-state index in [9.17, 15) is 24.3 Å². The summed E-state index contributed by atoms with van der Waals surface area (Å²) in [4.78, 5) is 53.7. The predicted octanol–water partition coefficient (Wildman–Crippen LogP) is 5.57. The topological polar surface area (TPSA) is 146 Å². The van der Waals surface area contributed by atoms with Gasteiger partial charge in [0.05, 0.1) is 22.4 Å². The van der Waals surface area contributed by atoms with Gasteiger partial charge in [0, 0.05) is 16.0 Å². The van der Waals surface area contributed by atoms with E-state index in [1.54, 1.807) is 24.3 Å². The molecule has 3 aromatic carbocycles. The van der Waals surface area contributed by atoms with E-state index in [1.807, 2.05) is 42.6 Å². The SMILES string of the molecule is Cc1csc(NC(=O)C(Sc2ccc(NC(=O)c3ccc(C(=O)O)cc3C(=O)O)cc2)c2ccccc2)n1. The third kappa shape index (κ3) is 6.44. The Morgan fingerprint density at radius 1 is 0.868 bits per heavy atom. The number of anilines is 2. The van der Waals surface area contributed by atoms with Gasteiger partial charge < -0.3 is 20.8 Å². The molecule has 2 amide bonds. The van der Waals surface area contributed by atoms with Crippen LogP contribution in [0.5, 0.6) is 0 Å². The summed E-state index contributed by atoms with van der Waals surface area (Å²) in [5.74, 6) is -3.63. The maximum Gasteiger partial charge on any atom is 0.336 e. The van der Waals surface area contributed by atoms with Crippen LogP contribution in [-0.4, -0.2) is 39.0 Å². The molecular formula is C27H21N3O6S2. The molecule has 38 heavy (non-hydrogen) atoms. The fourth-order valence-corrected chi connectivity index (χ4v) is 5.20. The summed E-state index contributed by atoms with van der Waals surface area (Å²) in [6.45, 7) is 1.85. The molecule has 0 saturated carbocycles. The van der Waals surface area contributed by atoms with Gasteiger partial charge in [0.15, 0.2) is 5.13 Å². The van der Waals surface area contributed by atoms with Gasteiger partial charge in [-0.3, -0.25) is 9.59 Å². The van der Waals surface area contributed by atoms with Crippen LogP contribution in [0.2, 0.25) is 0 Å². The quantitative estimate of drug-likeness (QED) is 0.199. The molecule has 0 aliphatic heterocycles. The van der Waals surface area contributed by atoms with Crippen LogP contribution >= 0.6 is 23.1 Å². The Hall–Kier alpha value is -4.48. The van der Waals surface area contributed by atoms with E-state index in [4.69, 9.17) is 5.11 Å². The smallest absolute Gasteiger partial charge is 0.336 e. The average Bonchev–Trinajstić information content (AvgIpc) is 3.32. The second-order valence-corrected chi connectivity index (χ2v) is 10.1. The second-order valence-electron chi connectivity index (χ2n) is 8.04. The van der Waals surface area contributed by atoms with E-state index in [-0.39, 0.29) is 17.0 Å². The van der Waals surface area contributed by atoms with Gasteiger partial charge in [-0.2, -0.15) is 0 Å². The summed E-state index contributed by atoms with van der Waals surface area (Å²) in [7, 11) is 0. The molecule has 4 rings (SSSR count). The minimum Gasteiger partial charge on any atom is -0.478 e. The molecule has 0 fully saturated rings. The summed E-state index contributed by atoms with van der Waals surface area (Å²) in [5.41, 5.74) is 1.21. The van der Waals surface area contributed by atoms with Crippen molar-refractivity contribution in [2.75, 3.05) is 10.6 Å². The van der Waals surface area contributed by atoms with Crippen LogP contribution in [-0.2, 0) is 4.79 Å². The van der Waals surface area contributed by atoms with E-state index in [0.29, 0.717) is 10.8 Å². The highest BCUT2D eigenvalue weighted by Gasteiger charge is 2.23. The molecule has 4 N–H and O–H groups in total. The summed E-state index contributed by atoms with van der Waals surface area (Å²) in [6.07, 6.45) is 0. The minimum atomic E-state index is -1.41. The van der Waals surface area contributed by atoms with E-state index in [0.717, 1.165) is 22.2 Å². The third-order valence-corrected chi connectivity index (χ3v) is 7.44. The number of thioether (sulfide) groups is 1. The normalized spacial score (nSPS) is 11.4. The fourth-order valence-electron chi connectivity index (χ4n) is 3.49. The zero-order valence-corrected chi connectivity index (χ0v) is 21.5. The first-order valence-corrected chi connectivity index (χ1v) is 12.9. The van der Waals surface area contributed by atoms with Gasteiger partial charge in [0.2, 0.25) is 5.91 Å². The number of nitrogens with one attached hydrogen (secondary N) is 2. The van der Waals surface area contributed by atoms with Crippen LogP contribution < -0.4 is 10.6 Å². The fraction of sp³-hybridized carbons (Fsp3) is 0.0741. The number of rotatable bonds is 9. The van der Waals surface area contributed by atoms with Crippen LogP contribution in [0.4, 0.5) is 10.8 Å². The van der Waals surface area contributed by atoms with Crippen molar-refractivity contribution in [2.24, 2.45) is 0 Å². The monoisotopic (exact) mass is 547 g/mol. The number of benzene rings is 3. The lowest BCUT2D eigenvalue weighted by Crippen LogP contribution is -2.19. The Morgan fingerprint density at radius 3 is 2.18 bits per heavy atom. The molecule has 192 valence electrons. The van der Waals surface area contributed by atoms with E-state index in [2.05, 4.69) is 15.6 Å². The van der Waals surface area contributed by atoms with Crippen LogP contribution in [0.1, 0.15) is 47.6 Å². The summed E-state index contributed by atoms with van der Waals surface area (Å²) < 4.78 is 0. The highest BCUT2D eigenvalue weighted by atomic mass is 32.2. The average molecular weight is 548 g/mol. The molecule has 9 nitrogen and oxygen atoms in total.